The molecule has 4 aromatic rings. The lowest BCUT2D eigenvalue weighted by Crippen LogP contribution is -2.17. The van der Waals surface area contributed by atoms with Crippen LogP contribution in [0.1, 0.15) is 15.9 Å². The maximum absolute atomic E-state index is 12.3. The summed E-state index contributed by atoms with van der Waals surface area (Å²) in [4.78, 5) is 12.3. The van der Waals surface area contributed by atoms with Gasteiger partial charge in [0.15, 0.2) is 0 Å². The van der Waals surface area contributed by atoms with Gasteiger partial charge in [0.05, 0.1) is 18.1 Å². The fraction of sp³-hybridized carbons (Fsp3) is 0. The van der Waals surface area contributed by atoms with Crippen LogP contribution in [0.25, 0.3) is 22.4 Å². The van der Waals surface area contributed by atoms with Gasteiger partial charge >= 0.3 is 0 Å². The van der Waals surface area contributed by atoms with Crippen LogP contribution in [0.4, 0.5) is 0 Å². The van der Waals surface area contributed by atoms with Crippen LogP contribution < -0.4 is 5.43 Å². The molecule has 5 heteroatoms. The summed E-state index contributed by atoms with van der Waals surface area (Å²) < 4.78 is 0. The molecule has 3 aromatic carbocycles. The average Bonchev–Trinajstić information content (AvgIpc) is 3.23. The first-order chi connectivity index (χ1) is 13.8. The van der Waals surface area contributed by atoms with Crippen LogP contribution in [0.15, 0.2) is 96.2 Å². The summed E-state index contributed by atoms with van der Waals surface area (Å²) in [6, 6.07) is 27.3. The van der Waals surface area contributed by atoms with E-state index in [2.05, 4.69) is 20.7 Å². The van der Waals surface area contributed by atoms with Gasteiger partial charge in [-0.1, -0.05) is 72.8 Å². The van der Waals surface area contributed by atoms with E-state index in [0.717, 1.165) is 27.9 Å². The Morgan fingerprint density at radius 3 is 2.11 bits per heavy atom. The zero-order valence-corrected chi connectivity index (χ0v) is 15.0. The number of carbonyl (C=O) groups excluding carboxylic acids is 1. The molecule has 0 aliphatic carbocycles. The standard InChI is InChI=1S/C23H18N4O/c28-23(20-13-11-18(12-14-20)17-7-3-1-4-8-17)27-25-16-21-15-24-26-22(21)19-9-5-2-6-10-19/h1-16H,(H,24,26)(H,27,28). The minimum Gasteiger partial charge on any atom is -0.277 e. The number of H-pyrrole nitrogens is 1. The molecular weight excluding hydrogens is 348 g/mol. The van der Waals surface area contributed by atoms with Crippen LogP contribution in [0.2, 0.25) is 0 Å². The number of carbonyl (C=O) groups is 1. The zero-order chi connectivity index (χ0) is 19.2. The van der Waals surface area contributed by atoms with E-state index in [-0.39, 0.29) is 5.91 Å². The van der Waals surface area contributed by atoms with Gasteiger partial charge in [-0.2, -0.15) is 10.2 Å². The van der Waals surface area contributed by atoms with Crippen molar-refractivity contribution in [3.8, 4) is 22.4 Å². The molecule has 0 unspecified atom stereocenters. The van der Waals surface area contributed by atoms with Gasteiger partial charge in [0.25, 0.3) is 5.91 Å². The van der Waals surface area contributed by atoms with Gasteiger partial charge in [0, 0.05) is 16.7 Å². The van der Waals surface area contributed by atoms with Crippen LogP contribution in [0.3, 0.4) is 0 Å². The molecule has 0 saturated carbocycles. The van der Waals surface area contributed by atoms with E-state index in [1.807, 2.05) is 72.8 Å². The van der Waals surface area contributed by atoms with Crippen LogP contribution in [0, 0.1) is 0 Å². The highest BCUT2D eigenvalue weighted by atomic mass is 16.2. The molecule has 0 bridgehead atoms. The third-order valence-electron chi connectivity index (χ3n) is 4.36. The number of rotatable bonds is 5. The minimum atomic E-state index is -0.263. The summed E-state index contributed by atoms with van der Waals surface area (Å²) in [6.07, 6.45) is 3.26. The third kappa shape index (κ3) is 3.88. The first-order valence-corrected chi connectivity index (χ1v) is 8.89. The second kappa shape index (κ2) is 8.14. The largest absolute Gasteiger partial charge is 0.277 e. The summed E-state index contributed by atoms with van der Waals surface area (Å²) in [5.41, 5.74) is 7.94. The summed E-state index contributed by atoms with van der Waals surface area (Å²) in [5, 5.41) is 11.1. The number of hydrogen-bond donors (Lipinski definition) is 2. The Hall–Kier alpha value is -3.99. The lowest BCUT2D eigenvalue weighted by Gasteiger charge is -2.04. The van der Waals surface area contributed by atoms with E-state index >= 15 is 0 Å². The quantitative estimate of drug-likeness (QED) is 0.403. The fourth-order valence-corrected chi connectivity index (χ4v) is 2.90. The molecule has 5 nitrogen and oxygen atoms in total. The molecule has 0 saturated heterocycles. The highest BCUT2D eigenvalue weighted by molar-refractivity contribution is 5.96. The van der Waals surface area contributed by atoms with Crippen LogP contribution in [0.5, 0.6) is 0 Å². The molecule has 136 valence electrons. The van der Waals surface area contributed by atoms with Crippen molar-refractivity contribution in [1.82, 2.24) is 15.6 Å². The molecule has 28 heavy (non-hydrogen) atoms. The number of aromatic amines is 1. The van der Waals surface area contributed by atoms with Crippen molar-refractivity contribution in [3.05, 3.63) is 102 Å². The number of nitrogens with one attached hydrogen (secondary N) is 2. The van der Waals surface area contributed by atoms with E-state index < -0.39 is 0 Å². The number of benzene rings is 3. The summed E-state index contributed by atoms with van der Waals surface area (Å²) in [6.45, 7) is 0. The topological polar surface area (TPSA) is 70.1 Å². The second-order valence-electron chi connectivity index (χ2n) is 6.21. The molecule has 4 rings (SSSR count). The number of hydrazone groups is 1. The van der Waals surface area contributed by atoms with Gasteiger partial charge in [-0.25, -0.2) is 5.43 Å². The summed E-state index contributed by atoms with van der Waals surface area (Å²) >= 11 is 0. The van der Waals surface area contributed by atoms with Gasteiger partial charge < -0.3 is 0 Å². The molecule has 1 aromatic heterocycles. The summed E-state index contributed by atoms with van der Waals surface area (Å²) in [5.74, 6) is -0.263. The molecule has 0 atom stereocenters. The summed E-state index contributed by atoms with van der Waals surface area (Å²) in [7, 11) is 0. The predicted octanol–water partition coefficient (Wildman–Crippen LogP) is 4.51. The number of hydrogen-bond acceptors (Lipinski definition) is 3. The van der Waals surface area contributed by atoms with Crippen molar-refractivity contribution in [1.29, 1.82) is 0 Å². The molecule has 2 N–H and O–H groups in total. The lowest BCUT2D eigenvalue weighted by atomic mass is 10.0. The molecule has 0 aliphatic heterocycles. The Labute approximate surface area is 162 Å². The molecule has 0 spiro atoms. The monoisotopic (exact) mass is 366 g/mol. The van der Waals surface area contributed by atoms with Crippen molar-refractivity contribution in [3.63, 3.8) is 0 Å². The average molecular weight is 366 g/mol. The van der Waals surface area contributed by atoms with Crippen LogP contribution in [-0.2, 0) is 0 Å². The normalized spacial score (nSPS) is 10.9. The number of aromatic nitrogens is 2. The van der Waals surface area contributed by atoms with Crippen molar-refractivity contribution in [2.24, 2.45) is 5.10 Å². The number of nitrogens with zero attached hydrogens (tertiary/aromatic N) is 2. The Kier molecular flexibility index (Phi) is 5.06. The zero-order valence-electron chi connectivity index (χ0n) is 15.0. The molecular formula is C23H18N4O. The number of amides is 1. The SMILES string of the molecule is O=C(NN=Cc1cn[nH]c1-c1ccccc1)c1ccc(-c2ccccc2)cc1. The van der Waals surface area contributed by atoms with Crippen molar-refractivity contribution in [2.45, 2.75) is 0 Å². The van der Waals surface area contributed by atoms with E-state index in [1.54, 1.807) is 24.5 Å². The van der Waals surface area contributed by atoms with E-state index in [4.69, 9.17) is 0 Å². The van der Waals surface area contributed by atoms with Gasteiger partial charge in [-0.05, 0) is 23.3 Å². The van der Waals surface area contributed by atoms with Crippen LogP contribution in [-0.4, -0.2) is 22.3 Å². The van der Waals surface area contributed by atoms with Crippen molar-refractivity contribution >= 4 is 12.1 Å². The van der Waals surface area contributed by atoms with Gasteiger partial charge in [0.1, 0.15) is 0 Å². The molecule has 0 radical (unpaired) electrons. The van der Waals surface area contributed by atoms with Crippen molar-refractivity contribution in [2.75, 3.05) is 0 Å². The smallest absolute Gasteiger partial charge is 0.271 e. The highest BCUT2D eigenvalue weighted by Crippen LogP contribution is 2.20. The molecule has 0 fully saturated rings. The minimum absolute atomic E-state index is 0.263. The fourth-order valence-electron chi connectivity index (χ4n) is 2.90. The van der Waals surface area contributed by atoms with E-state index in [1.165, 1.54) is 0 Å². The first-order valence-electron chi connectivity index (χ1n) is 8.89. The first kappa shape index (κ1) is 17.4. The molecule has 1 heterocycles. The third-order valence-corrected chi connectivity index (χ3v) is 4.36. The Bertz CT molecular complexity index is 1080. The Morgan fingerprint density at radius 1 is 0.821 bits per heavy atom. The van der Waals surface area contributed by atoms with E-state index in [9.17, 15) is 4.79 Å². The van der Waals surface area contributed by atoms with E-state index in [0.29, 0.717) is 5.56 Å². The maximum Gasteiger partial charge on any atom is 0.271 e. The Balaban J connectivity index is 1.43. The predicted molar refractivity (Wildman–Crippen MR) is 111 cm³/mol. The lowest BCUT2D eigenvalue weighted by molar-refractivity contribution is 0.0955. The Morgan fingerprint density at radius 2 is 1.43 bits per heavy atom. The molecule has 0 aliphatic rings. The second-order valence-corrected chi connectivity index (χ2v) is 6.21. The van der Waals surface area contributed by atoms with Gasteiger partial charge in [0.2, 0.25) is 0 Å². The van der Waals surface area contributed by atoms with Crippen LogP contribution >= 0.6 is 0 Å². The maximum atomic E-state index is 12.3. The molecule has 1 amide bonds. The van der Waals surface area contributed by atoms with Crippen molar-refractivity contribution < 1.29 is 4.79 Å². The van der Waals surface area contributed by atoms with Gasteiger partial charge in [-0.3, -0.25) is 9.89 Å². The van der Waals surface area contributed by atoms with Gasteiger partial charge in [-0.15, -0.1) is 0 Å². The highest BCUT2D eigenvalue weighted by Gasteiger charge is 2.07.